The molecule has 0 spiro atoms. The van der Waals surface area contributed by atoms with E-state index in [1.807, 2.05) is 17.5 Å². The third kappa shape index (κ3) is 4.65. The fraction of sp³-hybridized carbons (Fsp3) is 0.0909. The summed E-state index contributed by atoms with van der Waals surface area (Å²) in [6.45, 7) is 0.409. The van der Waals surface area contributed by atoms with Crippen LogP contribution in [0.4, 0.5) is 13.2 Å². The van der Waals surface area contributed by atoms with Crippen molar-refractivity contribution in [1.29, 1.82) is 0 Å². The predicted octanol–water partition coefficient (Wildman–Crippen LogP) is 6.20. The number of amides is 1. The molecule has 31 heavy (non-hydrogen) atoms. The number of nitrogens with zero attached hydrogens (tertiary/aromatic N) is 2. The normalized spacial score (nSPS) is 11.5. The third-order valence-corrected chi connectivity index (χ3v) is 5.72. The Bertz CT molecular complexity index is 1200. The van der Waals surface area contributed by atoms with Gasteiger partial charge in [0.1, 0.15) is 0 Å². The first-order valence-electron chi connectivity index (χ1n) is 9.16. The van der Waals surface area contributed by atoms with Crippen LogP contribution < -0.4 is 5.32 Å². The van der Waals surface area contributed by atoms with E-state index >= 15 is 0 Å². The van der Waals surface area contributed by atoms with Crippen LogP contribution in [0.5, 0.6) is 0 Å². The lowest BCUT2D eigenvalue weighted by Gasteiger charge is -2.10. The number of aromatic nitrogens is 2. The number of carbonyl (C=O) groups excluding carboxylic acids is 1. The van der Waals surface area contributed by atoms with E-state index in [1.54, 1.807) is 48.5 Å². The van der Waals surface area contributed by atoms with Crippen LogP contribution in [0.1, 0.15) is 20.9 Å². The van der Waals surface area contributed by atoms with Crippen LogP contribution >= 0.6 is 22.9 Å². The zero-order valence-electron chi connectivity index (χ0n) is 15.9. The number of benzene rings is 2. The molecule has 0 aliphatic carbocycles. The smallest absolute Gasteiger partial charge is 0.347 e. The predicted molar refractivity (Wildman–Crippen MR) is 115 cm³/mol. The minimum atomic E-state index is -4.61. The van der Waals surface area contributed by atoms with Crippen LogP contribution in [0.2, 0.25) is 5.02 Å². The van der Waals surface area contributed by atoms with Crippen LogP contribution in [0.25, 0.3) is 16.9 Å². The van der Waals surface area contributed by atoms with Gasteiger partial charge in [-0.2, -0.15) is 18.3 Å². The number of nitrogens with one attached hydrogen (secondary N) is 1. The first-order chi connectivity index (χ1) is 14.8. The molecule has 0 unspecified atom stereocenters. The number of hydrogen-bond donors (Lipinski definition) is 1. The van der Waals surface area contributed by atoms with Gasteiger partial charge >= 0.3 is 6.18 Å². The van der Waals surface area contributed by atoms with Gasteiger partial charge in [0.15, 0.2) is 5.69 Å². The number of hydrogen-bond acceptors (Lipinski definition) is 3. The molecular weight excluding hydrogens is 447 g/mol. The van der Waals surface area contributed by atoms with Crippen molar-refractivity contribution in [1.82, 2.24) is 15.1 Å². The summed E-state index contributed by atoms with van der Waals surface area (Å²) in [5, 5.41) is 8.74. The van der Waals surface area contributed by atoms with Crippen molar-refractivity contribution >= 4 is 28.8 Å². The molecule has 0 fully saturated rings. The number of para-hydroxylation sites is 1. The molecule has 0 saturated heterocycles. The third-order valence-electron chi connectivity index (χ3n) is 4.53. The monoisotopic (exact) mass is 461 g/mol. The fourth-order valence-corrected chi connectivity index (χ4v) is 3.87. The Balaban J connectivity index is 1.65. The summed E-state index contributed by atoms with van der Waals surface area (Å²) in [7, 11) is 0. The lowest BCUT2D eigenvalue weighted by Crippen LogP contribution is -2.22. The van der Waals surface area contributed by atoms with Gasteiger partial charge in [-0.05, 0) is 41.8 Å². The summed E-state index contributed by atoms with van der Waals surface area (Å²) in [6, 6.07) is 17.6. The molecule has 4 rings (SSSR count). The number of halogens is 4. The van der Waals surface area contributed by atoms with E-state index < -0.39 is 11.9 Å². The Kier molecular flexibility index (Phi) is 5.84. The Morgan fingerprint density at radius 1 is 1.06 bits per heavy atom. The van der Waals surface area contributed by atoms with E-state index in [0.29, 0.717) is 23.4 Å². The maximum atomic E-state index is 13.3. The highest BCUT2D eigenvalue weighted by atomic mass is 35.5. The second-order valence-corrected chi connectivity index (χ2v) is 8.05. The van der Waals surface area contributed by atoms with Gasteiger partial charge in [0.2, 0.25) is 0 Å². The number of thiophene rings is 1. The van der Waals surface area contributed by atoms with Gasteiger partial charge in [-0.1, -0.05) is 41.9 Å². The minimum Gasteiger partial charge on any atom is -0.347 e. The second-order valence-electron chi connectivity index (χ2n) is 6.62. The van der Waals surface area contributed by atoms with Crippen molar-refractivity contribution in [2.24, 2.45) is 0 Å². The van der Waals surface area contributed by atoms with Crippen molar-refractivity contribution in [3.8, 4) is 16.9 Å². The highest BCUT2D eigenvalue weighted by Crippen LogP contribution is 2.34. The maximum absolute atomic E-state index is 13.3. The molecule has 0 aliphatic rings. The average Bonchev–Trinajstić information content (AvgIpc) is 3.42. The van der Waals surface area contributed by atoms with Crippen LogP contribution in [0.3, 0.4) is 0 Å². The molecule has 4 nitrogen and oxygen atoms in total. The molecule has 0 aliphatic heterocycles. The molecule has 0 radical (unpaired) electrons. The number of alkyl halides is 3. The molecule has 1 amide bonds. The van der Waals surface area contributed by atoms with Crippen LogP contribution in [0, 0.1) is 0 Å². The highest BCUT2D eigenvalue weighted by molar-refractivity contribution is 7.09. The zero-order chi connectivity index (χ0) is 22.0. The molecule has 4 aromatic rings. The summed E-state index contributed by atoms with van der Waals surface area (Å²) in [5.41, 5.74) is 0.386. The Morgan fingerprint density at radius 2 is 1.81 bits per heavy atom. The summed E-state index contributed by atoms with van der Waals surface area (Å²) in [5.74, 6) is -0.268. The van der Waals surface area contributed by atoms with E-state index in [4.69, 9.17) is 11.6 Å². The van der Waals surface area contributed by atoms with Crippen molar-refractivity contribution in [3.63, 3.8) is 0 Å². The van der Waals surface area contributed by atoms with Crippen molar-refractivity contribution < 1.29 is 18.0 Å². The van der Waals surface area contributed by atoms with E-state index in [9.17, 15) is 18.0 Å². The Hall–Kier alpha value is -3.10. The van der Waals surface area contributed by atoms with E-state index in [2.05, 4.69) is 10.4 Å². The molecule has 2 aromatic heterocycles. The fourth-order valence-electron chi connectivity index (χ4n) is 3.01. The summed E-state index contributed by atoms with van der Waals surface area (Å²) in [4.78, 5) is 13.4. The molecular formula is C22H15ClF3N3OS. The minimum absolute atomic E-state index is 0.214. The van der Waals surface area contributed by atoms with Gasteiger partial charge in [-0.15, -0.1) is 11.3 Å². The van der Waals surface area contributed by atoms with E-state index in [0.717, 1.165) is 15.6 Å². The largest absolute Gasteiger partial charge is 0.435 e. The first-order valence-corrected chi connectivity index (χ1v) is 10.4. The summed E-state index contributed by atoms with van der Waals surface area (Å²) >= 11 is 7.73. The van der Waals surface area contributed by atoms with Crippen molar-refractivity contribution in [2.75, 3.05) is 0 Å². The molecule has 2 heterocycles. The molecule has 0 saturated carbocycles. The first kappa shape index (κ1) is 21.1. The molecule has 2 aromatic carbocycles. The lowest BCUT2D eigenvalue weighted by atomic mass is 10.1. The Morgan fingerprint density at radius 3 is 2.45 bits per heavy atom. The van der Waals surface area contributed by atoms with Gasteiger partial charge < -0.3 is 5.32 Å². The van der Waals surface area contributed by atoms with Gasteiger partial charge in [0.05, 0.1) is 22.9 Å². The second kappa shape index (κ2) is 8.56. The number of carbonyl (C=O) groups is 1. The highest BCUT2D eigenvalue weighted by Gasteiger charge is 2.35. The Labute approximate surface area is 184 Å². The number of rotatable bonds is 5. The average molecular weight is 462 g/mol. The maximum Gasteiger partial charge on any atom is 0.435 e. The van der Waals surface area contributed by atoms with Crippen LogP contribution in [-0.2, 0) is 12.7 Å². The van der Waals surface area contributed by atoms with Gasteiger partial charge in [0, 0.05) is 16.0 Å². The lowest BCUT2D eigenvalue weighted by molar-refractivity contribution is -0.141. The topological polar surface area (TPSA) is 46.9 Å². The van der Waals surface area contributed by atoms with Gasteiger partial charge in [0.25, 0.3) is 5.91 Å². The van der Waals surface area contributed by atoms with Crippen molar-refractivity contribution in [3.05, 3.63) is 93.3 Å². The quantitative estimate of drug-likeness (QED) is 0.384. The SMILES string of the molecule is O=C(NCc1cccs1)c1ccc(-c2cc(C(F)(F)F)nn2-c2ccccc2Cl)cc1. The molecule has 158 valence electrons. The van der Waals surface area contributed by atoms with Gasteiger partial charge in [-0.3, -0.25) is 4.79 Å². The van der Waals surface area contributed by atoms with E-state index in [1.165, 1.54) is 11.3 Å². The molecule has 0 bridgehead atoms. The van der Waals surface area contributed by atoms with Crippen LogP contribution in [-0.4, -0.2) is 15.7 Å². The molecule has 1 N–H and O–H groups in total. The standard InChI is InChI=1S/C22H15ClF3N3OS/c23-17-5-1-2-6-18(17)29-19(12-20(28-29)22(24,25)26)14-7-9-15(10-8-14)21(30)27-13-16-4-3-11-31-16/h1-12H,13H2,(H,27,30). The van der Waals surface area contributed by atoms with Gasteiger partial charge in [-0.25, -0.2) is 4.68 Å². The van der Waals surface area contributed by atoms with Crippen LogP contribution in [0.15, 0.2) is 72.1 Å². The molecule has 9 heteroatoms. The molecule has 0 atom stereocenters. The summed E-state index contributed by atoms with van der Waals surface area (Å²) in [6.07, 6.45) is -4.61. The van der Waals surface area contributed by atoms with E-state index in [-0.39, 0.29) is 16.6 Å². The zero-order valence-corrected chi connectivity index (χ0v) is 17.4. The summed E-state index contributed by atoms with van der Waals surface area (Å²) < 4.78 is 41.1. The van der Waals surface area contributed by atoms with Crippen molar-refractivity contribution in [2.45, 2.75) is 12.7 Å².